The van der Waals surface area contributed by atoms with Gasteiger partial charge >= 0.3 is 0 Å². The average molecular weight is 292 g/mol. The summed E-state index contributed by atoms with van der Waals surface area (Å²) < 4.78 is 5.58. The van der Waals surface area contributed by atoms with E-state index < -0.39 is 0 Å². The molecule has 2 fully saturated rings. The lowest BCUT2D eigenvalue weighted by molar-refractivity contribution is 0.121. The summed E-state index contributed by atoms with van der Waals surface area (Å²) in [7, 11) is 1.83. The predicted octanol–water partition coefficient (Wildman–Crippen LogP) is 1.49. The maximum absolute atomic E-state index is 5.58. The first-order valence-corrected chi connectivity index (χ1v) is 7.83. The van der Waals surface area contributed by atoms with Gasteiger partial charge in [0.2, 0.25) is 17.8 Å². The van der Waals surface area contributed by atoms with Gasteiger partial charge in [-0.3, -0.25) is 0 Å². The number of rotatable bonds is 4. The zero-order valence-electron chi connectivity index (χ0n) is 12.8. The van der Waals surface area contributed by atoms with Crippen molar-refractivity contribution in [3.05, 3.63) is 0 Å². The zero-order valence-corrected chi connectivity index (χ0v) is 12.8. The van der Waals surface area contributed by atoms with Crippen LogP contribution >= 0.6 is 0 Å². The number of nitrogens with one attached hydrogen (secondary N) is 2. The second kappa shape index (κ2) is 6.43. The summed E-state index contributed by atoms with van der Waals surface area (Å²) >= 11 is 0. The number of nitrogens with zero attached hydrogens (tertiary/aromatic N) is 4. The molecule has 2 atom stereocenters. The van der Waals surface area contributed by atoms with Gasteiger partial charge in [-0.1, -0.05) is 0 Å². The first kappa shape index (κ1) is 14.3. The van der Waals surface area contributed by atoms with E-state index in [4.69, 9.17) is 4.74 Å². The molecular formula is C14H24N6O. The molecule has 0 bridgehead atoms. The number of piperidine rings is 1. The molecule has 0 spiro atoms. The lowest BCUT2D eigenvalue weighted by atomic mass is 10.1. The van der Waals surface area contributed by atoms with Crippen LogP contribution in [0.1, 0.15) is 32.6 Å². The van der Waals surface area contributed by atoms with Crippen molar-refractivity contribution in [3.63, 3.8) is 0 Å². The van der Waals surface area contributed by atoms with Crippen molar-refractivity contribution in [2.24, 2.45) is 0 Å². The van der Waals surface area contributed by atoms with E-state index in [1.807, 2.05) is 7.05 Å². The topological polar surface area (TPSA) is 75.2 Å². The Morgan fingerprint density at radius 1 is 1.10 bits per heavy atom. The number of hydrogen-bond acceptors (Lipinski definition) is 7. The Morgan fingerprint density at radius 3 is 2.52 bits per heavy atom. The van der Waals surface area contributed by atoms with Crippen LogP contribution in [-0.2, 0) is 4.74 Å². The Hall–Kier alpha value is -1.63. The fraction of sp³-hybridized carbons (Fsp3) is 0.786. The van der Waals surface area contributed by atoms with Gasteiger partial charge in [0, 0.05) is 26.7 Å². The first-order chi connectivity index (χ1) is 10.3. The van der Waals surface area contributed by atoms with Crippen LogP contribution in [0.15, 0.2) is 0 Å². The van der Waals surface area contributed by atoms with Crippen molar-refractivity contribution < 1.29 is 4.74 Å². The van der Waals surface area contributed by atoms with Crippen LogP contribution in [0.4, 0.5) is 17.8 Å². The van der Waals surface area contributed by atoms with E-state index in [1.54, 1.807) is 0 Å². The maximum atomic E-state index is 5.58. The molecule has 2 unspecified atom stereocenters. The zero-order chi connectivity index (χ0) is 14.7. The summed E-state index contributed by atoms with van der Waals surface area (Å²) in [4.78, 5) is 15.8. The number of aromatic nitrogens is 3. The average Bonchev–Trinajstić information content (AvgIpc) is 2.93. The Morgan fingerprint density at radius 2 is 1.86 bits per heavy atom. The molecule has 2 aliphatic rings. The lowest BCUT2D eigenvalue weighted by Gasteiger charge is -2.27. The maximum Gasteiger partial charge on any atom is 0.231 e. The molecule has 0 aromatic carbocycles. The SMILES string of the molecule is CNc1nc(NC2CCOC2C)nc(N2CCCCC2)n1. The summed E-state index contributed by atoms with van der Waals surface area (Å²) in [5.41, 5.74) is 0. The molecule has 7 heteroatoms. The van der Waals surface area contributed by atoms with E-state index in [1.165, 1.54) is 19.3 Å². The van der Waals surface area contributed by atoms with Gasteiger partial charge < -0.3 is 20.3 Å². The molecule has 2 N–H and O–H groups in total. The molecule has 3 heterocycles. The van der Waals surface area contributed by atoms with Gasteiger partial charge in [0.05, 0.1) is 12.1 Å². The summed E-state index contributed by atoms with van der Waals surface area (Å²) in [6.07, 6.45) is 4.88. The molecule has 0 aliphatic carbocycles. The summed E-state index contributed by atoms with van der Waals surface area (Å²) in [5.74, 6) is 2.01. The van der Waals surface area contributed by atoms with E-state index in [9.17, 15) is 0 Å². The Kier molecular flexibility index (Phi) is 4.38. The molecule has 21 heavy (non-hydrogen) atoms. The Labute approximate surface area is 125 Å². The molecule has 0 radical (unpaired) electrons. The molecule has 1 aromatic rings. The van der Waals surface area contributed by atoms with Crippen LogP contribution in [0.2, 0.25) is 0 Å². The largest absolute Gasteiger partial charge is 0.376 e. The van der Waals surface area contributed by atoms with Gasteiger partial charge in [-0.2, -0.15) is 15.0 Å². The summed E-state index contributed by atoms with van der Waals surface area (Å²) in [5, 5.41) is 6.41. The monoisotopic (exact) mass is 292 g/mol. The highest BCUT2D eigenvalue weighted by atomic mass is 16.5. The van der Waals surface area contributed by atoms with Gasteiger partial charge in [-0.15, -0.1) is 0 Å². The van der Waals surface area contributed by atoms with Crippen molar-refractivity contribution in [1.82, 2.24) is 15.0 Å². The van der Waals surface area contributed by atoms with Gasteiger partial charge in [-0.05, 0) is 32.6 Å². The lowest BCUT2D eigenvalue weighted by Crippen LogP contribution is -2.32. The number of anilines is 3. The van der Waals surface area contributed by atoms with E-state index in [-0.39, 0.29) is 12.1 Å². The van der Waals surface area contributed by atoms with E-state index in [0.29, 0.717) is 11.9 Å². The van der Waals surface area contributed by atoms with Crippen LogP contribution in [0.3, 0.4) is 0 Å². The third-order valence-electron chi connectivity index (χ3n) is 4.18. The minimum atomic E-state index is 0.193. The van der Waals surface area contributed by atoms with Crippen molar-refractivity contribution in [2.45, 2.75) is 44.8 Å². The van der Waals surface area contributed by atoms with Gasteiger partial charge in [0.1, 0.15) is 0 Å². The van der Waals surface area contributed by atoms with Crippen LogP contribution in [0, 0.1) is 0 Å². The fourth-order valence-electron chi connectivity index (χ4n) is 2.86. The van der Waals surface area contributed by atoms with Gasteiger partial charge in [-0.25, -0.2) is 0 Å². The van der Waals surface area contributed by atoms with E-state index in [2.05, 4.69) is 37.4 Å². The molecule has 2 aliphatic heterocycles. The standard InChI is InChI=1S/C14H24N6O/c1-10-11(6-9-21-10)16-13-17-12(15-2)18-14(19-13)20-7-4-3-5-8-20/h10-11H,3-9H2,1-2H3,(H2,15,16,17,18,19). The van der Waals surface area contributed by atoms with Crippen molar-refractivity contribution in [3.8, 4) is 0 Å². The quantitative estimate of drug-likeness (QED) is 0.870. The summed E-state index contributed by atoms with van der Waals surface area (Å²) in [6, 6.07) is 0.270. The highest BCUT2D eigenvalue weighted by molar-refractivity contribution is 5.44. The Bertz CT molecular complexity index is 477. The van der Waals surface area contributed by atoms with Crippen LogP contribution in [0.25, 0.3) is 0 Å². The van der Waals surface area contributed by atoms with Crippen LogP contribution in [-0.4, -0.2) is 53.8 Å². The van der Waals surface area contributed by atoms with Crippen LogP contribution < -0.4 is 15.5 Å². The highest BCUT2D eigenvalue weighted by Gasteiger charge is 2.25. The van der Waals surface area contributed by atoms with Crippen LogP contribution in [0.5, 0.6) is 0 Å². The molecule has 116 valence electrons. The number of ether oxygens (including phenoxy) is 1. The van der Waals surface area contributed by atoms with Gasteiger partial charge in [0.25, 0.3) is 0 Å². The first-order valence-electron chi connectivity index (χ1n) is 7.83. The van der Waals surface area contributed by atoms with Crippen molar-refractivity contribution in [1.29, 1.82) is 0 Å². The second-order valence-corrected chi connectivity index (χ2v) is 5.70. The fourth-order valence-corrected chi connectivity index (χ4v) is 2.86. The molecule has 7 nitrogen and oxygen atoms in total. The molecule has 2 saturated heterocycles. The minimum absolute atomic E-state index is 0.193. The third-order valence-corrected chi connectivity index (χ3v) is 4.18. The van der Waals surface area contributed by atoms with E-state index in [0.717, 1.165) is 32.1 Å². The molecule has 0 saturated carbocycles. The normalized spacial score (nSPS) is 25.9. The molecule has 0 amide bonds. The number of hydrogen-bond donors (Lipinski definition) is 2. The second-order valence-electron chi connectivity index (χ2n) is 5.70. The Balaban J connectivity index is 1.78. The highest BCUT2D eigenvalue weighted by Crippen LogP contribution is 2.21. The van der Waals surface area contributed by atoms with Crippen molar-refractivity contribution in [2.75, 3.05) is 42.3 Å². The predicted molar refractivity (Wildman–Crippen MR) is 82.9 cm³/mol. The summed E-state index contributed by atoms with van der Waals surface area (Å²) in [6.45, 7) is 4.92. The van der Waals surface area contributed by atoms with Crippen molar-refractivity contribution >= 4 is 17.8 Å². The molecular weight excluding hydrogens is 268 g/mol. The van der Waals surface area contributed by atoms with Gasteiger partial charge in [0.15, 0.2) is 0 Å². The van der Waals surface area contributed by atoms with E-state index >= 15 is 0 Å². The smallest absolute Gasteiger partial charge is 0.231 e. The third kappa shape index (κ3) is 3.34. The minimum Gasteiger partial charge on any atom is -0.376 e. The molecule has 1 aromatic heterocycles. The molecule has 3 rings (SSSR count).